The van der Waals surface area contributed by atoms with Crippen LogP contribution in [0.1, 0.15) is 17.4 Å². The van der Waals surface area contributed by atoms with Crippen LogP contribution in [0, 0.1) is 0 Å². The molecule has 0 saturated carbocycles. The Labute approximate surface area is 210 Å². The van der Waals surface area contributed by atoms with Crippen molar-refractivity contribution in [1.82, 2.24) is 0 Å². The first-order valence-corrected chi connectivity index (χ1v) is 14.4. The summed E-state index contributed by atoms with van der Waals surface area (Å²) in [7, 11) is -2.53. The van der Waals surface area contributed by atoms with Crippen LogP contribution in [0.25, 0.3) is 11.1 Å². The monoisotopic (exact) mass is 481 g/mol. The van der Waals surface area contributed by atoms with E-state index in [2.05, 4.69) is 120 Å². The zero-order valence-electron chi connectivity index (χ0n) is 19.6. The molecule has 0 aliphatic carbocycles. The largest absolute Gasteiger partial charge is 0.364 e. The van der Waals surface area contributed by atoms with Gasteiger partial charge in [0.2, 0.25) is 0 Å². The van der Waals surface area contributed by atoms with Crippen molar-refractivity contribution in [3.63, 3.8) is 0 Å². The van der Waals surface area contributed by atoms with Crippen molar-refractivity contribution in [3.8, 4) is 11.1 Å². The summed E-state index contributed by atoms with van der Waals surface area (Å²) in [5.41, 5.74) is 8.09. The van der Waals surface area contributed by atoms with Gasteiger partial charge < -0.3 is 14.7 Å². The average Bonchev–Trinajstić information content (AvgIpc) is 3.45. The average molecular weight is 482 g/mol. The van der Waals surface area contributed by atoms with Crippen LogP contribution in [0.4, 0.5) is 17.1 Å². The molecule has 3 aliphatic rings. The van der Waals surface area contributed by atoms with Gasteiger partial charge in [0.25, 0.3) is 0 Å². The number of aliphatic hydroxyl groups is 1. The molecule has 36 heavy (non-hydrogen) atoms. The lowest BCUT2D eigenvalue weighted by atomic mass is 10.1. The van der Waals surface area contributed by atoms with Crippen LogP contribution < -0.4 is 25.6 Å². The SMILES string of the molecule is OC1OCc2ccc(N3c4ccccc4[Si]4(c5ccccc5-c5ccccc54)c4ccccc43)cc21. The molecule has 3 heterocycles. The molecule has 172 valence electrons. The molecule has 0 bridgehead atoms. The van der Waals surface area contributed by atoms with E-state index in [0.717, 1.165) is 16.8 Å². The van der Waals surface area contributed by atoms with Gasteiger partial charge in [0.15, 0.2) is 14.4 Å². The maximum Gasteiger partial charge on any atom is 0.185 e. The van der Waals surface area contributed by atoms with Crippen molar-refractivity contribution in [2.45, 2.75) is 12.9 Å². The molecule has 5 aromatic carbocycles. The van der Waals surface area contributed by atoms with Gasteiger partial charge in [0.1, 0.15) is 0 Å². The molecule has 0 radical (unpaired) electrons. The van der Waals surface area contributed by atoms with Crippen molar-refractivity contribution in [1.29, 1.82) is 0 Å². The predicted molar refractivity (Wildman–Crippen MR) is 147 cm³/mol. The molecule has 8 rings (SSSR count). The number of hydrogen-bond donors (Lipinski definition) is 1. The number of benzene rings is 5. The van der Waals surface area contributed by atoms with Gasteiger partial charge in [0, 0.05) is 22.6 Å². The molecular formula is C32H23NO2Si. The summed E-state index contributed by atoms with van der Waals surface area (Å²) in [6.45, 7) is 0.452. The van der Waals surface area contributed by atoms with Gasteiger partial charge in [-0.1, -0.05) is 91.0 Å². The van der Waals surface area contributed by atoms with Crippen LogP contribution in [0.15, 0.2) is 115 Å². The highest BCUT2D eigenvalue weighted by Gasteiger charge is 2.53. The molecular weight excluding hydrogens is 458 g/mol. The quantitative estimate of drug-likeness (QED) is 0.354. The first-order valence-electron chi connectivity index (χ1n) is 12.4. The molecule has 0 saturated heterocycles. The number of ether oxygens (including phenoxy) is 1. The van der Waals surface area contributed by atoms with Crippen LogP contribution in [0.2, 0.25) is 0 Å². The minimum absolute atomic E-state index is 0.452. The van der Waals surface area contributed by atoms with Gasteiger partial charge in [-0.05, 0) is 61.7 Å². The van der Waals surface area contributed by atoms with E-state index in [4.69, 9.17) is 4.74 Å². The van der Waals surface area contributed by atoms with Crippen molar-refractivity contribution < 1.29 is 9.84 Å². The Hall–Kier alpha value is -3.96. The maximum atomic E-state index is 10.4. The first kappa shape index (κ1) is 20.3. The second-order valence-electron chi connectivity index (χ2n) is 9.76. The van der Waals surface area contributed by atoms with Crippen molar-refractivity contribution >= 4 is 45.9 Å². The van der Waals surface area contributed by atoms with E-state index in [1.54, 1.807) is 0 Å². The van der Waals surface area contributed by atoms with Crippen LogP contribution in [0.5, 0.6) is 0 Å². The first-order chi connectivity index (χ1) is 17.8. The molecule has 3 nitrogen and oxygen atoms in total. The normalized spacial score (nSPS) is 17.8. The summed E-state index contributed by atoms with van der Waals surface area (Å²) in [5, 5.41) is 16.2. The van der Waals surface area contributed by atoms with Gasteiger partial charge in [-0.25, -0.2) is 0 Å². The smallest absolute Gasteiger partial charge is 0.185 e. The van der Waals surface area contributed by atoms with Gasteiger partial charge in [-0.15, -0.1) is 0 Å². The maximum absolute atomic E-state index is 10.4. The molecule has 3 aliphatic heterocycles. The lowest BCUT2D eigenvalue weighted by molar-refractivity contribution is -0.0918. The number of fused-ring (bicyclic) bond motifs is 10. The van der Waals surface area contributed by atoms with Crippen molar-refractivity contribution in [3.05, 3.63) is 126 Å². The van der Waals surface area contributed by atoms with E-state index in [1.807, 2.05) is 0 Å². The summed E-state index contributed by atoms with van der Waals surface area (Å²) < 4.78 is 5.50. The number of rotatable bonds is 1. The van der Waals surface area contributed by atoms with Crippen LogP contribution in [-0.4, -0.2) is 13.2 Å². The Balaban J connectivity index is 1.48. The number of anilines is 3. The Morgan fingerprint density at radius 1 is 0.639 bits per heavy atom. The third-order valence-electron chi connectivity index (χ3n) is 8.10. The highest BCUT2D eigenvalue weighted by atomic mass is 28.3. The Kier molecular flexibility index (Phi) is 4.09. The minimum Gasteiger partial charge on any atom is -0.364 e. The summed E-state index contributed by atoms with van der Waals surface area (Å²) in [6, 6.07) is 42.2. The Morgan fingerprint density at radius 3 is 1.78 bits per heavy atom. The second-order valence-corrected chi connectivity index (χ2v) is 13.4. The molecule has 0 amide bonds. The molecule has 1 unspecified atom stereocenters. The Bertz CT molecular complexity index is 1600. The summed E-state index contributed by atoms with van der Waals surface area (Å²) >= 11 is 0. The molecule has 0 aromatic heterocycles. The topological polar surface area (TPSA) is 32.7 Å². The summed E-state index contributed by atoms with van der Waals surface area (Å²) in [6.07, 6.45) is -0.871. The molecule has 5 aromatic rings. The van der Waals surface area contributed by atoms with E-state index in [9.17, 15) is 5.11 Å². The zero-order valence-corrected chi connectivity index (χ0v) is 20.6. The number of nitrogens with zero attached hydrogens (tertiary/aromatic N) is 1. The van der Waals surface area contributed by atoms with E-state index < -0.39 is 14.4 Å². The fraction of sp³-hybridized carbons (Fsp3) is 0.0625. The van der Waals surface area contributed by atoms with E-state index in [0.29, 0.717) is 6.61 Å². The summed E-state index contributed by atoms with van der Waals surface area (Å²) in [5.74, 6) is 0. The van der Waals surface area contributed by atoms with Gasteiger partial charge in [-0.3, -0.25) is 0 Å². The molecule has 4 heteroatoms. The van der Waals surface area contributed by atoms with Gasteiger partial charge >= 0.3 is 0 Å². The van der Waals surface area contributed by atoms with Crippen LogP contribution in [-0.2, 0) is 11.3 Å². The second kappa shape index (κ2) is 7.28. The zero-order chi connectivity index (χ0) is 23.9. The number of aliphatic hydroxyl groups excluding tert-OH is 1. The van der Waals surface area contributed by atoms with Gasteiger partial charge in [-0.2, -0.15) is 0 Å². The number of para-hydroxylation sites is 2. The fourth-order valence-electron chi connectivity index (χ4n) is 6.68. The fourth-order valence-corrected chi connectivity index (χ4v) is 12.2. The number of hydrogen-bond acceptors (Lipinski definition) is 3. The third-order valence-corrected chi connectivity index (χ3v) is 13.1. The Morgan fingerprint density at radius 2 is 1.17 bits per heavy atom. The van der Waals surface area contributed by atoms with E-state index in [-0.39, 0.29) is 0 Å². The standard InChI is InChI=1S/C32H23NO2Si/c34-32-25-19-22(18-17-21(25)20-35-32)33-26-11-3-7-15-30(26)36(31-16-8-4-12-27(31)33)28-13-5-1-9-23(28)24-10-2-6-14-29(24)36/h1-19,32,34H,20H2. The highest BCUT2D eigenvalue weighted by molar-refractivity contribution is 7.23. The lowest BCUT2D eigenvalue weighted by Crippen LogP contribution is -2.75. The molecule has 1 N–H and O–H groups in total. The lowest BCUT2D eigenvalue weighted by Gasteiger charge is -2.43. The van der Waals surface area contributed by atoms with Crippen molar-refractivity contribution in [2.75, 3.05) is 4.90 Å². The predicted octanol–water partition coefficient (Wildman–Crippen LogP) is 4.35. The van der Waals surface area contributed by atoms with Crippen LogP contribution >= 0.6 is 0 Å². The van der Waals surface area contributed by atoms with Gasteiger partial charge in [0.05, 0.1) is 6.61 Å². The highest BCUT2D eigenvalue weighted by Crippen LogP contribution is 2.42. The molecule has 1 spiro atoms. The van der Waals surface area contributed by atoms with E-state index in [1.165, 1.54) is 43.2 Å². The van der Waals surface area contributed by atoms with Crippen molar-refractivity contribution in [2.24, 2.45) is 0 Å². The summed E-state index contributed by atoms with van der Waals surface area (Å²) in [4.78, 5) is 2.37. The molecule has 1 atom stereocenters. The minimum atomic E-state index is -2.53. The van der Waals surface area contributed by atoms with E-state index >= 15 is 0 Å². The molecule has 0 fully saturated rings. The third kappa shape index (κ3) is 2.43. The van der Waals surface area contributed by atoms with Crippen LogP contribution in [0.3, 0.4) is 0 Å².